The maximum Gasteiger partial charge on any atom is 0.154 e. The molecule has 0 heterocycles. The Kier molecular flexibility index (Phi) is 3.01. The molecule has 0 radical (unpaired) electrons. The molecule has 0 aromatic heterocycles. The third-order valence-electron chi connectivity index (χ3n) is 1.52. The van der Waals surface area contributed by atoms with Gasteiger partial charge in [0.05, 0.1) is 0 Å². The topological polar surface area (TPSA) is 55.5 Å². The molecule has 0 saturated carbocycles. The second-order valence-electron chi connectivity index (χ2n) is 2.36. The molecule has 0 saturated heterocycles. The zero-order chi connectivity index (χ0) is 8.97. The number of phenols is 1. The lowest BCUT2D eigenvalue weighted by Crippen LogP contribution is -2.07. The van der Waals surface area contributed by atoms with Crippen LogP contribution in [0.15, 0.2) is 24.3 Å². The molecule has 12 heavy (non-hydrogen) atoms. The SMILES string of the molecule is NOCC(F)c1ccccc1O. The fourth-order valence-electron chi connectivity index (χ4n) is 0.927. The normalized spacial score (nSPS) is 12.8. The first-order valence-electron chi connectivity index (χ1n) is 3.49. The summed E-state index contributed by atoms with van der Waals surface area (Å²) in [6.45, 7) is -0.252. The van der Waals surface area contributed by atoms with E-state index in [2.05, 4.69) is 4.84 Å². The zero-order valence-electron chi connectivity index (χ0n) is 6.40. The molecule has 1 rings (SSSR count). The molecule has 3 nitrogen and oxygen atoms in total. The van der Waals surface area contributed by atoms with Crippen molar-refractivity contribution in [2.24, 2.45) is 5.90 Å². The lowest BCUT2D eigenvalue weighted by Gasteiger charge is -2.07. The van der Waals surface area contributed by atoms with Crippen LogP contribution in [0, 0.1) is 0 Å². The number of para-hydroxylation sites is 1. The fourth-order valence-corrected chi connectivity index (χ4v) is 0.927. The van der Waals surface area contributed by atoms with Crippen molar-refractivity contribution in [2.45, 2.75) is 6.17 Å². The van der Waals surface area contributed by atoms with Crippen molar-refractivity contribution in [3.8, 4) is 5.75 Å². The van der Waals surface area contributed by atoms with Crippen LogP contribution >= 0.6 is 0 Å². The Labute approximate surface area is 69.5 Å². The molecule has 0 aliphatic rings. The molecule has 3 N–H and O–H groups in total. The average molecular weight is 171 g/mol. The second kappa shape index (κ2) is 4.04. The van der Waals surface area contributed by atoms with E-state index in [1.165, 1.54) is 12.1 Å². The Morgan fingerprint density at radius 2 is 2.17 bits per heavy atom. The van der Waals surface area contributed by atoms with E-state index in [1.807, 2.05) is 0 Å². The van der Waals surface area contributed by atoms with Gasteiger partial charge in [0, 0.05) is 5.56 Å². The van der Waals surface area contributed by atoms with Gasteiger partial charge in [0.15, 0.2) is 6.17 Å². The van der Waals surface area contributed by atoms with E-state index >= 15 is 0 Å². The molecular formula is C8H10FNO2. The van der Waals surface area contributed by atoms with E-state index in [-0.39, 0.29) is 17.9 Å². The summed E-state index contributed by atoms with van der Waals surface area (Å²) in [6.07, 6.45) is -1.38. The average Bonchev–Trinajstić information content (AvgIpc) is 2.05. The van der Waals surface area contributed by atoms with Gasteiger partial charge in [0.2, 0.25) is 0 Å². The third kappa shape index (κ3) is 1.93. The number of phenolic OH excluding ortho intramolecular Hbond substituents is 1. The quantitative estimate of drug-likeness (QED) is 0.674. The first kappa shape index (κ1) is 8.96. The van der Waals surface area contributed by atoms with Gasteiger partial charge < -0.3 is 9.94 Å². The molecule has 1 atom stereocenters. The standard InChI is InChI=1S/C8H10FNO2/c9-7(5-12-10)6-3-1-2-4-8(6)11/h1-4,7,11H,5,10H2. The highest BCUT2D eigenvalue weighted by Gasteiger charge is 2.12. The number of rotatable bonds is 3. The van der Waals surface area contributed by atoms with Crippen LogP contribution < -0.4 is 5.90 Å². The number of hydrogen-bond acceptors (Lipinski definition) is 3. The summed E-state index contributed by atoms with van der Waals surface area (Å²) in [5, 5.41) is 9.17. The van der Waals surface area contributed by atoms with Crippen LogP contribution in [0.5, 0.6) is 5.75 Å². The van der Waals surface area contributed by atoms with E-state index in [0.29, 0.717) is 0 Å². The fraction of sp³-hybridized carbons (Fsp3) is 0.250. The lowest BCUT2D eigenvalue weighted by atomic mass is 10.1. The maximum absolute atomic E-state index is 13.0. The Balaban J connectivity index is 2.79. The highest BCUT2D eigenvalue weighted by atomic mass is 19.1. The summed E-state index contributed by atoms with van der Waals surface area (Å²) >= 11 is 0. The van der Waals surface area contributed by atoms with Gasteiger partial charge in [-0.15, -0.1) is 0 Å². The summed E-state index contributed by atoms with van der Waals surface area (Å²) < 4.78 is 13.0. The van der Waals surface area contributed by atoms with Crippen LogP contribution in [-0.4, -0.2) is 11.7 Å². The minimum atomic E-state index is -1.38. The minimum Gasteiger partial charge on any atom is -0.508 e. The molecule has 0 fully saturated rings. The van der Waals surface area contributed by atoms with Crippen molar-refractivity contribution in [3.63, 3.8) is 0 Å². The number of hydrogen-bond donors (Lipinski definition) is 2. The Morgan fingerprint density at radius 3 is 2.75 bits per heavy atom. The van der Waals surface area contributed by atoms with E-state index in [9.17, 15) is 9.50 Å². The van der Waals surface area contributed by atoms with Gasteiger partial charge in [-0.2, -0.15) is 0 Å². The van der Waals surface area contributed by atoms with Crippen LogP contribution in [0.2, 0.25) is 0 Å². The molecule has 0 spiro atoms. The van der Waals surface area contributed by atoms with E-state index < -0.39 is 6.17 Å². The number of nitrogens with two attached hydrogens (primary N) is 1. The molecule has 1 aromatic carbocycles. The highest BCUT2D eigenvalue weighted by Crippen LogP contribution is 2.25. The predicted octanol–water partition coefficient (Wildman–Crippen LogP) is 1.29. The maximum atomic E-state index is 13.0. The van der Waals surface area contributed by atoms with Crippen molar-refractivity contribution >= 4 is 0 Å². The molecule has 1 aromatic rings. The predicted molar refractivity (Wildman–Crippen MR) is 42.1 cm³/mol. The summed E-state index contributed by atoms with van der Waals surface area (Å²) in [5.74, 6) is 4.61. The molecule has 0 bridgehead atoms. The van der Waals surface area contributed by atoms with Crippen molar-refractivity contribution in [3.05, 3.63) is 29.8 Å². The van der Waals surface area contributed by atoms with Gasteiger partial charge in [-0.25, -0.2) is 10.3 Å². The first-order chi connectivity index (χ1) is 5.75. The van der Waals surface area contributed by atoms with Gasteiger partial charge in [-0.1, -0.05) is 18.2 Å². The van der Waals surface area contributed by atoms with Crippen LogP contribution in [0.25, 0.3) is 0 Å². The van der Waals surface area contributed by atoms with E-state index in [0.717, 1.165) is 0 Å². The Hall–Kier alpha value is -1.13. The first-order valence-corrected chi connectivity index (χ1v) is 3.49. The summed E-state index contributed by atoms with van der Waals surface area (Å²) in [4.78, 5) is 4.13. The molecule has 0 aliphatic carbocycles. The largest absolute Gasteiger partial charge is 0.508 e. The van der Waals surface area contributed by atoms with Gasteiger partial charge in [-0.05, 0) is 6.07 Å². The molecule has 66 valence electrons. The number of benzene rings is 1. The van der Waals surface area contributed by atoms with Gasteiger partial charge in [-0.3, -0.25) is 0 Å². The van der Waals surface area contributed by atoms with E-state index in [1.54, 1.807) is 12.1 Å². The number of aromatic hydroxyl groups is 1. The van der Waals surface area contributed by atoms with Crippen LogP contribution in [0.1, 0.15) is 11.7 Å². The molecule has 0 amide bonds. The second-order valence-corrected chi connectivity index (χ2v) is 2.36. The minimum absolute atomic E-state index is 0.0814. The third-order valence-corrected chi connectivity index (χ3v) is 1.52. The molecule has 1 unspecified atom stereocenters. The zero-order valence-corrected chi connectivity index (χ0v) is 6.40. The lowest BCUT2D eigenvalue weighted by molar-refractivity contribution is 0.0806. The molecule has 4 heteroatoms. The van der Waals surface area contributed by atoms with Crippen molar-refractivity contribution in [2.75, 3.05) is 6.61 Å². The number of halogens is 1. The van der Waals surface area contributed by atoms with Gasteiger partial charge in [0.1, 0.15) is 12.4 Å². The summed E-state index contributed by atoms with van der Waals surface area (Å²) in [6, 6.07) is 6.16. The van der Waals surface area contributed by atoms with Crippen LogP contribution in [0.4, 0.5) is 4.39 Å². The van der Waals surface area contributed by atoms with Gasteiger partial charge in [0.25, 0.3) is 0 Å². The Bertz CT molecular complexity index is 255. The molecule has 0 aliphatic heterocycles. The van der Waals surface area contributed by atoms with Gasteiger partial charge >= 0.3 is 0 Å². The highest BCUT2D eigenvalue weighted by molar-refractivity contribution is 5.33. The van der Waals surface area contributed by atoms with Crippen molar-refractivity contribution < 1.29 is 14.3 Å². The molecular weight excluding hydrogens is 161 g/mol. The monoisotopic (exact) mass is 171 g/mol. The smallest absolute Gasteiger partial charge is 0.154 e. The van der Waals surface area contributed by atoms with Crippen molar-refractivity contribution in [1.82, 2.24) is 0 Å². The summed E-state index contributed by atoms with van der Waals surface area (Å²) in [5.41, 5.74) is 0.197. The van der Waals surface area contributed by atoms with Crippen molar-refractivity contribution in [1.29, 1.82) is 0 Å². The summed E-state index contributed by atoms with van der Waals surface area (Å²) in [7, 11) is 0. The Morgan fingerprint density at radius 1 is 1.50 bits per heavy atom. The number of alkyl halides is 1. The van der Waals surface area contributed by atoms with Crippen LogP contribution in [0.3, 0.4) is 0 Å². The van der Waals surface area contributed by atoms with Crippen LogP contribution in [-0.2, 0) is 4.84 Å². The van der Waals surface area contributed by atoms with E-state index in [4.69, 9.17) is 5.90 Å².